The van der Waals surface area contributed by atoms with Gasteiger partial charge in [-0.25, -0.2) is 12.8 Å². The molecule has 0 spiro atoms. The van der Waals surface area contributed by atoms with Crippen LogP contribution >= 0.6 is 0 Å². The maximum absolute atomic E-state index is 13.1. The van der Waals surface area contributed by atoms with E-state index in [0.29, 0.717) is 0 Å². The lowest BCUT2D eigenvalue weighted by Crippen LogP contribution is -2.22. The summed E-state index contributed by atoms with van der Waals surface area (Å²) in [6, 6.07) is 2.22. The molecule has 1 aromatic carbocycles. The van der Waals surface area contributed by atoms with Gasteiger partial charge in [-0.15, -0.1) is 0 Å². The number of halogens is 1. The number of primary amides is 1. The third-order valence-corrected chi connectivity index (χ3v) is 3.36. The largest absolute Gasteiger partial charge is 0.370 e. The number of hydrogen-bond acceptors (Lipinski definition) is 4. The first kappa shape index (κ1) is 13.6. The molecule has 7 heteroatoms. The lowest BCUT2D eigenvalue weighted by atomic mass is 10.0. The predicted molar refractivity (Wildman–Crippen MR) is 60.2 cm³/mol. The minimum absolute atomic E-state index is 0.0614. The molecule has 1 rings (SSSR count). The van der Waals surface area contributed by atoms with Gasteiger partial charge in [-0.2, -0.15) is 0 Å². The van der Waals surface area contributed by atoms with Crippen LogP contribution in [-0.2, 0) is 14.6 Å². The highest BCUT2D eigenvalue weighted by Gasteiger charge is 2.20. The fraction of sp³-hybridized carbons (Fsp3) is 0.300. The highest BCUT2D eigenvalue weighted by molar-refractivity contribution is 7.90. The Kier molecular flexibility index (Phi) is 3.84. The summed E-state index contributed by atoms with van der Waals surface area (Å²) in [5.41, 5.74) is 10.7. The van der Waals surface area contributed by atoms with Crippen LogP contribution in [0.4, 0.5) is 4.39 Å². The van der Waals surface area contributed by atoms with Crippen molar-refractivity contribution in [2.45, 2.75) is 17.4 Å². The molecule has 4 N–H and O–H groups in total. The molecular formula is C10H13FN2O3S. The summed E-state index contributed by atoms with van der Waals surface area (Å²) >= 11 is 0. The van der Waals surface area contributed by atoms with E-state index in [1.54, 1.807) is 0 Å². The average Bonchev–Trinajstić information content (AvgIpc) is 2.14. The van der Waals surface area contributed by atoms with Crippen LogP contribution in [0.1, 0.15) is 18.0 Å². The summed E-state index contributed by atoms with van der Waals surface area (Å²) < 4.78 is 36.0. The molecule has 1 atom stereocenters. The lowest BCUT2D eigenvalue weighted by molar-refractivity contribution is -0.118. The SMILES string of the molecule is CS(=O)(=O)c1ccc(F)cc1C(N)CC(N)=O. The monoisotopic (exact) mass is 260 g/mol. The lowest BCUT2D eigenvalue weighted by Gasteiger charge is -2.14. The molecule has 1 amide bonds. The molecule has 1 unspecified atom stereocenters. The van der Waals surface area contributed by atoms with Crippen molar-refractivity contribution in [2.75, 3.05) is 6.26 Å². The maximum atomic E-state index is 13.1. The molecule has 0 aliphatic carbocycles. The number of carbonyl (C=O) groups is 1. The molecule has 0 saturated carbocycles. The van der Waals surface area contributed by atoms with Crippen molar-refractivity contribution in [1.29, 1.82) is 0 Å². The van der Waals surface area contributed by atoms with Crippen molar-refractivity contribution in [3.63, 3.8) is 0 Å². The number of amides is 1. The van der Waals surface area contributed by atoms with E-state index < -0.39 is 27.6 Å². The van der Waals surface area contributed by atoms with Crippen LogP contribution < -0.4 is 11.5 Å². The Morgan fingerprint density at radius 3 is 2.53 bits per heavy atom. The Labute approximate surface area is 98.5 Å². The molecule has 94 valence electrons. The zero-order valence-corrected chi connectivity index (χ0v) is 10.00. The standard InChI is InChI=1S/C10H13FN2O3S/c1-17(15,16)9-3-2-6(11)4-7(9)8(12)5-10(13)14/h2-4,8H,5,12H2,1H3,(H2,13,14). The quantitative estimate of drug-likeness (QED) is 0.749. The maximum Gasteiger partial charge on any atom is 0.219 e. The first-order chi connectivity index (χ1) is 7.71. The van der Waals surface area contributed by atoms with Gasteiger partial charge in [0.15, 0.2) is 9.84 Å². The smallest absolute Gasteiger partial charge is 0.219 e. The van der Waals surface area contributed by atoms with Gasteiger partial charge in [0.2, 0.25) is 5.91 Å². The van der Waals surface area contributed by atoms with Crippen LogP contribution in [-0.4, -0.2) is 20.6 Å². The number of sulfone groups is 1. The molecule has 0 bridgehead atoms. The van der Waals surface area contributed by atoms with Crippen LogP contribution in [0.25, 0.3) is 0 Å². The van der Waals surface area contributed by atoms with Crippen LogP contribution in [0.15, 0.2) is 23.1 Å². The molecule has 1 aromatic rings. The summed E-state index contributed by atoms with van der Waals surface area (Å²) in [6.07, 6.45) is 0.743. The second-order valence-electron chi connectivity index (χ2n) is 3.73. The predicted octanol–water partition coefficient (Wildman–Crippen LogP) is 0.104. The molecule has 5 nitrogen and oxygen atoms in total. The van der Waals surface area contributed by atoms with Crippen LogP contribution in [0.5, 0.6) is 0 Å². The fourth-order valence-electron chi connectivity index (χ4n) is 1.47. The van der Waals surface area contributed by atoms with Crippen molar-refractivity contribution >= 4 is 15.7 Å². The van der Waals surface area contributed by atoms with Crippen LogP contribution in [0.3, 0.4) is 0 Å². The number of benzene rings is 1. The summed E-state index contributed by atoms with van der Waals surface area (Å²) in [5.74, 6) is -1.30. The van der Waals surface area contributed by atoms with Gasteiger partial charge < -0.3 is 11.5 Å². The fourth-order valence-corrected chi connectivity index (χ4v) is 2.43. The first-order valence-corrected chi connectivity index (χ1v) is 6.64. The average molecular weight is 260 g/mol. The number of rotatable bonds is 4. The molecule has 0 aliphatic rings. The van der Waals surface area contributed by atoms with Gasteiger partial charge in [0.1, 0.15) is 5.82 Å². The highest BCUT2D eigenvalue weighted by Crippen LogP contribution is 2.24. The van der Waals surface area contributed by atoms with Gasteiger partial charge >= 0.3 is 0 Å². The van der Waals surface area contributed by atoms with E-state index in [1.165, 1.54) is 0 Å². The molecule has 0 saturated heterocycles. The van der Waals surface area contributed by atoms with Crippen molar-refractivity contribution in [3.05, 3.63) is 29.6 Å². The molecule has 0 fully saturated rings. The molecular weight excluding hydrogens is 247 g/mol. The van der Waals surface area contributed by atoms with E-state index >= 15 is 0 Å². The Balaban J connectivity index is 3.30. The second kappa shape index (κ2) is 4.80. The molecule has 0 aliphatic heterocycles. The second-order valence-corrected chi connectivity index (χ2v) is 5.72. The van der Waals surface area contributed by atoms with E-state index in [9.17, 15) is 17.6 Å². The minimum Gasteiger partial charge on any atom is -0.370 e. The number of nitrogens with two attached hydrogens (primary N) is 2. The van der Waals surface area contributed by atoms with Crippen molar-refractivity contribution in [2.24, 2.45) is 11.5 Å². The summed E-state index contributed by atoms with van der Waals surface area (Å²) in [4.78, 5) is 10.6. The molecule has 0 heterocycles. The number of carbonyl (C=O) groups excluding carboxylic acids is 1. The molecule has 0 aromatic heterocycles. The zero-order valence-electron chi connectivity index (χ0n) is 9.18. The first-order valence-electron chi connectivity index (χ1n) is 4.75. The van der Waals surface area contributed by atoms with Crippen molar-refractivity contribution in [1.82, 2.24) is 0 Å². The van der Waals surface area contributed by atoms with E-state index in [-0.39, 0.29) is 16.9 Å². The van der Waals surface area contributed by atoms with Crippen LogP contribution in [0, 0.1) is 5.82 Å². The summed E-state index contributed by atoms with van der Waals surface area (Å²) in [7, 11) is -3.53. The Bertz CT molecular complexity index is 542. The normalized spacial score (nSPS) is 13.4. The van der Waals surface area contributed by atoms with Gasteiger partial charge in [0.25, 0.3) is 0 Å². The third kappa shape index (κ3) is 3.50. The van der Waals surface area contributed by atoms with E-state index in [0.717, 1.165) is 24.5 Å². The zero-order chi connectivity index (χ0) is 13.2. The van der Waals surface area contributed by atoms with E-state index in [2.05, 4.69) is 0 Å². The van der Waals surface area contributed by atoms with E-state index in [4.69, 9.17) is 11.5 Å². The van der Waals surface area contributed by atoms with Gasteiger partial charge in [-0.05, 0) is 23.8 Å². The van der Waals surface area contributed by atoms with Crippen LogP contribution in [0.2, 0.25) is 0 Å². The Morgan fingerprint density at radius 1 is 1.47 bits per heavy atom. The summed E-state index contributed by atoms with van der Waals surface area (Å²) in [6.45, 7) is 0. The van der Waals surface area contributed by atoms with Gasteiger partial charge in [-0.1, -0.05) is 0 Å². The molecule has 17 heavy (non-hydrogen) atoms. The Hall–Kier alpha value is -1.47. The van der Waals surface area contributed by atoms with Gasteiger partial charge in [0.05, 0.1) is 4.90 Å². The van der Waals surface area contributed by atoms with Gasteiger partial charge in [0, 0.05) is 18.7 Å². The Morgan fingerprint density at radius 2 is 2.06 bits per heavy atom. The summed E-state index contributed by atoms with van der Waals surface area (Å²) in [5, 5.41) is 0. The van der Waals surface area contributed by atoms with Crippen molar-refractivity contribution < 1.29 is 17.6 Å². The third-order valence-electron chi connectivity index (χ3n) is 2.19. The van der Waals surface area contributed by atoms with Gasteiger partial charge in [-0.3, -0.25) is 4.79 Å². The highest BCUT2D eigenvalue weighted by atomic mass is 32.2. The number of hydrogen-bond donors (Lipinski definition) is 2. The molecule has 0 radical (unpaired) electrons. The minimum atomic E-state index is -3.53. The topological polar surface area (TPSA) is 103 Å². The van der Waals surface area contributed by atoms with E-state index in [1.807, 2.05) is 0 Å². The van der Waals surface area contributed by atoms with Crippen molar-refractivity contribution in [3.8, 4) is 0 Å².